The Kier molecular flexibility index (Phi) is 2.40. The van der Waals surface area contributed by atoms with Gasteiger partial charge in [-0.2, -0.15) is 0 Å². The average molecular weight is 220 g/mol. The lowest BCUT2D eigenvalue weighted by atomic mass is 10.00. The molecule has 5 nitrogen and oxygen atoms in total. The van der Waals surface area contributed by atoms with Gasteiger partial charge in [-0.1, -0.05) is 0 Å². The maximum absolute atomic E-state index is 11.8. The zero-order valence-electron chi connectivity index (χ0n) is 9.07. The van der Waals surface area contributed by atoms with Gasteiger partial charge in [-0.25, -0.2) is 4.98 Å². The van der Waals surface area contributed by atoms with Crippen LogP contribution in [0.2, 0.25) is 0 Å². The number of nitrogens with one attached hydrogen (secondary N) is 3. The number of imidazole rings is 1. The second kappa shape index (κ2) is 3.90. The first-order chi connectivity index (χ1) is 7.81. The van der Waals surface area contributed by atoms with E-state index in [-0.39, 0.29) is 5.91 Å². The van der Waals surface area contributed by atoms with Crippen LogP contribution in [0.15, 0.2) is 12.5 Å². The molecule has 2 bridgehead atoms. The molecule has 1 aromatic heterocycles. The minimum Gasteiger partial charge on any atom is -0.348 e. The number of amides is 1. The number of H-pyrrole nitrogens is 1. The van der Waals surface area contributed by atoms with E-state index in [4.69, 9.17) is 0 Å². The van der Waals surface area contributed by atoms with Gasteiger partial charge in [0.25, 0.3) is 5.91 Å². The van der Waals surface area contributed by atoms with Crippen LogP contribution in [0.25, 0.3) is 0 Å². The molecule has 86 valence electrons. The molecule has 0 spiro atoms. The van der Waals surface area contributed by atoms with E-state index in [2.05, 4.69) is 20.6 Å². The number of aromatic nitrogens is 2. The fraction of sp³-hybridized carbons (Fsp3) is 0.636. The summed E-state index contributed by atoms with van der Waals surface area (Å²) in [6, 6.07) is 1.52. The number of carbonyl (C=O) groups excluding carboxylic acids is 1. The molecule has 1 amide bonds. The zero-order chi connectivity index (χ0) is 11.0. The van der Waals surface area contributed by atoms with Gasteiger partial charge in [-0.3, -0.25) is 4.79 Å². The van der Waals surface area contributed by atoms with E-state index in [1.807, 2.05) is 0 Å². The van der Waals surface area contributed by atoms with E-state index in [0.717, 1.165) is 12.8 Å². The molecule has 2 saturated heterocycles. The Bertz CT molecular complexity index is 363. The van der Waals surface area contributed by atoms with E-state index < -0.39 is 0 Å². The van der Waals surface area contributed by atoms with Crippen molar-refractivity contribution in [3.8, 4) is 0 Å². The zero-order valence-corrected chi connectivity index (χ0v) is 9.07. The van der Waals surface area contributed by atoms with Crippen LogP contribution in [0, 0.1) is 0 Å². The molecular weight excluding hydrogens is 204 g/mol. The van der Waals surface area contributed by atoms with E-state index in [1.165, 1.54) is 19.2 Å². The number of hydrogen-bond donors (Lipinski definition) is 3. The summed E-state index contributed by atoms with van der Waals surface area (Å²) >= 11 is 0. The van der Waals surface area contributed by atoms with E-state index in [1.54, 1.807) is 6.20 Å². The number of rotatable bonds is 2. The topological polar surface area (TPSA) is 69.8 Å². The van der Waals surface area contributed by atoms with E-state index >= 15 is 0 Å². The molecule has 3 heterocycles. The predicted octanol–water partition coefficient (Wildman–Crippen LogP) is 0.422. The van der Waals surface area contributed by atoms with Crippen LogP contribution < -0.4 is 10.6 Å². The monoisotopic (exact) mass is 220 g/mol. The van der Waals surface area contributed by atoms with E-state index in [9.17, 15) is 4.79 Å². The summed E-state index contributed by atoms with van der Waals surface area (Å²) in [6.07, 6.45) is 7.70. The summed E-state index contributed by atoms with van der Waals surface area (Å²) in [7, 11) is 0. The molecule has 3 rings (SSSR count). The van der Waals surface area contributed by atoms with Crippen LogP contribution in [0.5, 0.6) is 0 Å². The van der Waals surface area contributed by atoms with Gasteiger partial charge in [0.15, 0.2) is 0 Å². The summed E-state index contributed by atoms with van der Waals surface area (Å²) in [4.78, 5) is 18.5. The molecule has 2 unspecified atom stereocenters. The molecule has 3 N–H and O–H groups in total. The summed E-state index contributed by atoms with van der Waals surface area (Å²) in [5, 5.41) is 6.63. The van der Waals surface area contributed by atoms with Crippen molar-refractivity contribution in [3.63, 3.8) is 0 Å². The van der Waals surface area contributed by atoms with Crippen molar-refractivity contribution >= 4 is 5.91 Å². The van der Waals surface area contributed by atoms with Crippen LogP contribution in [-0.2, 0) is 0 Å². The van der Waals surface area contributed by atoms with Crippen molar-refractivity contribution in [2.75, 3.05) is 0 Å². The highest BCUT2D eigenvalue weighted by atomic mass is 16.1. The van der Waals surface area contributed by atoms with Gasteiger partial charge in [0.2, 0.25) is 0 Å². The highest BCUT2D eigenvalue weighted by Gasteiger charge is 2.34. The third-order valence-electron chi connectivity index (χ3n) is 3.55. The first-order valence-corrected chi connectivity index (χ1v) is 5.86. The Labute approximate surface area is 94.0 Å². The smallest absolute Gasteiger partial charge is 0.269 e. The fourth-order valence-corrected chi connectivity index (χ4v) is 2.82. The summed E-state index contributed by atoms with van der Waals surface area (Å²) in [5.74, 6) is -0.0381. The molecule has 0 radical (unpaired) electrons. The molecule has 0 aromatic carbocycles. The number of piperidine rings is 1. The van der Waals surface area contributed by atoms with Crippen molar-refractivity contribution in [2.24, 2.45) is 0 Å². The lowest BCUT2D eigenvalue weighted by Crippen LogP contribution is -2.48. The molecule has 5 heteroatoms. The SMILES string of the molecule is O=C(NC1CC2CCC(C1)N2)c1cnc[nH]1. The summed E-state index contributed by atoms with van der Waals surface area (Å²) in [6.45, 7) is 0. The summed E-state index contributed by atoms with van der Waals surface area (Å²) < 4.78 is 0. The number of fused-ring (bicyclic) bond motifs is 2. The standard InChI is InChI=1S/C11H16N4O/c16-11(10-5-12-6-13-10)15-9-3-7-1-2-8(4-9)14-7/h5-9,14H,1-4H2,(H,12,13)(H,15,16). The second-order valence-electron chi connectivity index (χ2n) is 4.74. The lowest BCUT2D eigenvalue weighted by molar-refractivity contribution is 0.0919. The molecule has 16 heavy (non-hydrogen) atoms. The van der Waals surface area contributed by atoms with Crippen LogP contribution in [0.3, 0.4) is 0 Å². The highest BCUT2D eigenvalue weighted by Crippen LogP contribution is 2.26. The summed E-state index contributed by atoms with van der Waals surface area (Å²) in [5.41, 5.74) is 0.547. The largest absolute Gasteiger partial charge is 0.348 e. The number of carbonyl (C=O) groups is 1. The Morgan fingerprint density at radius 1 is 1.38 bits per heavy atom. The van der Waals surface area contributed by atoms with Crippen LogP contribution in [-0.4, -0.2) is 34.0 Å². The molecule has 1 aromatic rings. The Balaban J connectivity index is 1.61. The maximum atomic E-state index is 11.8. The van der Waals surface area contributed by atoms with Gasteiger partial charge < -0.3 is 15.6 Å². The molecule has 2 atom stereocenters. The third-order valence-corrected chi connectivity index (χ3v) is 3.55. The first-order valence-electron chi connectivity index (χ1n) is 5.86. The van der Waals surface area contributed by atoms with Crippen molar-refractivity contribution in [1.82, 2.24) is 20.6 Å². The Morgan fingerprint density at radius 2 is 2.12 bits per heavy atom. The molecule has 0 saturated carbocycles. The van der Waals surface area contributed by atoms with E-state index in [0.29, 0.717) is 23.8 Å². The fourth-order valence-electron chi connectivity index (χ4n) is 2.82. The quantitative estimate of drug-likeness (QED) is 0.676. The molecule has 0 aliphatic carbocycles. The van der Waals surface area contributed by atoms with Crippen molar-refractivity contribution in [2.45, 2.75) is 43.8 Å². The lowest BCUT2D eigenvalue weighted by Gasteiger charge is -2.29. The minimum absolute atomic E-state index is 0.0381. The second-order valence-corrected chi connectivity index (χ2v) is 4.74. The molecule has 2 fully saturated rings. The predicted molar refractivity (Wildman–Crippen MR) is 59.0 cm³/mol. The van der Waals surface area contributed by atoms with Crippen LogP contribution in [0.4, 0.5) is 0 Å². The molecule has 2 aliphatic rings. The van der Waals surface area contributed by atoms with Crippen molar-refractivity contribution in [1.29, 1.82) is 0 Å². The van der Waals surface area contributed by atoms with Gasteiger partial charge in [0, 0.05) is 18.1 Å². The minimum atomic E-state index is -0.0381. The molecular formula is C11H16N4O. The normalized spacial score (nSPS) is 32.6. The first kappa shape index (κ1) is 9.84. The number of nitrogens with zero attached hydrogens (tertiary/aromatic N) is 1. The highest BCUT2D eigenvalue weighted by molar-refractivity contribution is 5.92. The number of aromatic amines is 1. The Morgan fingerprint density at radius 3 is 2.75 bits per heavy atom. The van der Waals surface area contributed by atoms with Gasteiger partial charge in [0.05, 0.1) is 12.5 Å². The third kappa shape index (κ3) is 1.82. The van der Waals surface area contributed by atoms with Crippen molar-refractivity contribution in [3.05, 3.63) is 18.2 Å². The Hall–Kier alpha value is -1.36. The van der Waals surface area contributed by atoms with Gasteiger partial charge in [-0.15, -0.1) is 0 Å². The molecule has 2 aliphatic heterocycles. The van der Waals surface area contributed by atoms with Crippen LogP contribution in [0.1, 0.15) is 36.2 Å². The van der Waals surface area contributed by atoms with Crippen molar-refractivity contribution < 1.29 is 4.79 Å². The number of hydrogen-bond acceptors (Lipinski definition) is 3. The maximum Gasteiger partial charge on any atom is 0.269 e. The van der Waals surface area contributed by atoms with Gasteiger partial charge >= 0.3 is 0 Å². The van der Waals surface area contributed by atoms with Gasteiger partial charge in [-0.05, 0) is 25.7 Å². The average Bonchev–Trinajstić information content (AvgIpc) is 2.88. The van der Waals surface area contributed by atoms with Crippen LogP contribution >= 0.6 is 0 Å². The van der Waals surface area contributed by atoms with Gasteiger partial charge in [0.1, 0.15) is 5.69 Å².